The molecule has 0 bridgehead atoms. The summed E-state index contributed by atoms with van der Waals surface area (Å²) in [6.07, 6.45) is 6.56. The molecule has 1 aromatic carbocycles. The number of aromatic nitrogens is 3. The second kappa shape index (κ2) is 10.3. The normalized spacial score (nSPS) is 10.8. The van der Waals surface area contributed by atoms with Gasteiger partial charge in [0.15, 0.2) is 17.9 Å². The maximum atomic E-state index is 12.5. The van der Waals surface area contributed by atoms with E-state index in [2.05, 4.69) is 25.5 Å². The third-order valence-electron chi connectivity index (χ3n) is 4.04. The Balaban J connectivity index is 0.00000261. The SMILES string of the molecule is CCOCCCn1cnc2c[n+](CC(=O)c3ccc(Cl)cc3)cc(Br)c21.[Br-]. The summed E-state index contributed by atoms with van der Waals surface area (Å²) in [7, 11) is 0. The molecule has 0 amide bonds. The Morgan fingerprint density at radius 2 is 2.04 bits per heavy atom. The minimum Gasteiger partial charge on any atom is -1.00 e. The van der Waals surface area contributed by atoms with Crippen molar-refractivity contribution in [2.75, 3.05) is 13.2 Å². The first kappa shape index (κ1) is 22.0. The number of ether oxygens (including phenoxy) is 1. The summed E-state index contributed by atoms with van der Waals surface area (Å²) in [6, 6.07) is 6.93. The van der Waals surface area contributed by atoms with Crippen molar-refractivity contribution in [3.63, 3.8) is 0 Å². The molecular weight excluding hydrogens is 497 g/mol. The first-order chi connectivity index (χ1) is 12.6. The molecule has 0 radical (unpaired) electrons. The number of nitrogens with zero attached hydrogens (tertiary/aromatic N) is 3. The number of Topliss-reactive ketones (excluding diaryl/α,β-unsaturated/α-hetero) is 1. The van der Waals surface area contributed by atoms with Gasteiger partial charge in [0.2, 0.25) is 12.3 Å². The largest absolute Gasteiger partial charge is 1.00 e. The zero-order valence-corrected chi connectivity index (χ0v) is 18.8. The van der Waals surface area contributed by atoms with Crippen molar-refractivity contribution in [2.24, 2.45) is 0 Å². The second-order valence-electron chi connectivity index (χ2n) is 5.93. The van der Waals surface area contributed by atoms with Crippen LogP contribution < -0.4 is 21.5 Å². The molecule has 2 heterocycles. The molecule has 0 saturated carbocycles. The van der Waals surface area contributed by atoms with E-state index in [-0.39, 0.29) is 29.3 Å². The molecule has 0 unspecified atom stereocenters. The van der Waals surface area contributed by atoms with E-state index in [4.69, 9.17) is 16.3 Å². The highest BCUT2D eigenvalue weighted by atomic mass is 79.9. The van der Waals surface area contributed by atoms with Crippen LogP contribution in [0.5, 0.6) is 0 Å². The number of aryl methyl sites for hydroxylation is 1. The summed E-state index contributed by atoms with van der Waals surface area (Å²) in [4.78, 5) is 16.9. The number of hydrogen-bond donors (Lipinski definition) is 0. The lowest BCUT2D eigenvalue weighted by Gasteiger charge is -2.05. The second-order valence-corrected chi connectivity index (χ2v) is 7.22. The molecule has 3 rings (SSSR count). The van der Waals surface area contributed by atoms with Gasteiger partial charge in [-0.1, -0.05) is 11.6 Å². The summed E-state index contributed by atoms with van der Waals surface area (Å²) in [5.74, 6) is 0.0223. The van der Waals surface area contributed by atoms with Gasteiger partial charge in [-0.25, -0.2) is 4.98 Å². The molecule has 8 heteroatoms. The number of ketones is 1. The summed E-state index contributed by atoms with van der Waals surface area (Å²) < 4.78 is 10.3. The van der Waals surface area contributed by atoms with E-state index < -0.39 is 0 Å². The number of fused-ring (bicyclic) bond motifs is 1. The van der Waals surface area contributed by atoms with Gasteiger partial charge in [-0.2, -0.15) is 4.57 Å². The van der Waals surface area contributed by atoms with Crippen molar-refractivity contribution in [3.8, 4) is 0 Å². The highest BCUT2D eigenvalue weighted by Crippen LogP contribution is 2.21. The Morgan fingerprint density at radius 3 is 2.74 bits per heavy atom. The standard InChI is InChI=1S/C19H20BrClN3O2.BrH/c1-2-26-9-3-8-24-13-22-17-11-23(10-16(20)19(17)24)12-18(25)14-4-6-15(21)7-5-14;/h4-7,10-11,13H,2-3,8-9,12H2,1H3;1H/q+1;/p-1. The fraction of sp³-hybridized carbons (Fsp3) is 0.316. The quantitative estimate of drug-likeness (QED) is 0.255. The topological polar surface area (TPSA) is 48.0 Å². The van der Waals surface area contributed by atoms with Crippen LogP contribution in [0.15, 0.2) is 47.5 Å². The molecule has 0 fully saturated rings. The minimum absolute atomic E-state index is 0. The third-order valence-corrected chi connectivity index (χ3v) is 4.88. The minimum atomic E-state index is 0. The molecule has 0 aliphatic rings. The summed E-state index contributed by atoms with van der Waals surface area (Å²) in [5, 5.41) is 0.619. The molecule has 3 aromatic rings. The average Bonchev–Trinajstić information content (AvgIpc) is 3.03. The highest BCUT2D eigenvalue weighted by molar-refractivity contribution is 9.10. The molecule has 0 saturated heterocycles. The maximum absolute atomic E-state index is 12.5. The van der Waals surface area contributed by atoms with Crippen LogP contribution in [-0.4, -0.2) is 28.5 Å². The number of halogens is 3. The zero-order valence-electron chi connectivity index (χ0n) is 14.9. The van der Waals surface area contributed by atoms with E-state index in [1.165, 1.54) is 0 Å². The molecule has 144 valence electrons. The van der Waals surface area contributed by atoms with Crippen molar-refractivity contribution in [1.29, 1.82) is 0 Å². The van der Waals surface area contributed by atoms with Crippen LogP contribution in [0.3, 0.4) is 0 Å². The first-order valence-corrected chi connectivity index (χ1v) is 9.65. The zero-order chi connectivity index (χ0) is 18.5. The van der Waals surface area contributed by atoms with Gasteiger partial charge in [0, 0.05) is 30.3 Å². The number of carbonyl (C=O) groups is 1. The van der Waals surface area contributed by atoms with Gasteiger partial charge < -0.3 is 26.3 Å². The summed E-state index contributed by atoms with van der Waals surface area (Å²) in [5.41, 5.74) is 2.51. The molecule has 0 aliphatic heterocycles. The third kappa shape index (κ3) is 5.60. The average molecular weight is 518 g/mol. The van der Waals surface area contributed by atoms with Crippen LogP contribution in [0.1, 0.15) is 23.7 Å². The van der Waals surface area contributed by atoms with E-state index in [9.17, 15) is 4.79 Å². The number of rotatable bonds is 8. The van der Waals surface area contributed by atoms with Crippen molar-refractivity contribution in [2.45, 2.75) is 26.4 Å². The monoisotopic (exact) mass is 515 g/mol. The summed E-state index contributed by atoms with van der Waals surface area (Å²) in [6.45, 7) is 4.54. The Kier molecular flexibility index (Phi) is 8.41. The van der Waals surface area contributed by atoms with Gasteiger partial charge in [0.25, 0.3) is 0 Å². The van der Waals surface area contributed by atoms with Crippen LogP contribution in [0, 0.1) is 0 Å². The van der Waals surface area contributed by atoms with Crippen LogP contribution in [0.25, 0.3) is 11.0 Å². The fourth-order valence-electron chi connectivity index (χ4n) is 2.79. The van der Waals surface area contributed by atoms with Crippen molar-refractivity contribution in [1.82, 2.24) is 9.55 Å². The van der Waals surface area contributed by atoms with E-state index in [1.807, 2.05) is 30.2 Å². The maximum Gasteiger partial charge on any atom is 0.227 e. The lowest BCUT2D eigenvalue weighted by molar-refractivity contribution is -0.682. The van der Waals surface area contributed by atoms with Crippen molar-refractivity contribution >= 4 is 44.3 Å². The van der Waals surface area contributed by atoms with Gasteiger partial charge >= 0.3 is 0 Å². The number of imidazole rings is 1. The molecule has 5 nitrogen and oxygen atoms in total. The summed E-state index contributed by atoms with van der Waals surface area (Å²) >= 11 is 9.49. The molecule has 0 atom stereocenters. The fourth-order valence-corrected chi connectivity index (χ4v) is 3.61. The van der Waals surface area contributed by atoms with Crippen molar-refractivity contribution < 1.29 is 31.1 Å². The Labute approximate surface area is 182 Å². The van der Waals surface area contributed by atoms with E-state index in [0.29, 0.717) is 10.6 Å². The Bertz CT molecular complexity index is 913. The van der Waals surface area contributed by atoms with Crippen molar-refractivity contribution in [3.05, 3.63) is 58.0 Å². The number of pyridine rings is 1. The molecule has 2 aromatic heterocycles. The predicted octanol–water partition coefficient (Wildman–Crippen LogP) is 1.05. The molecule has 0 aliphatic carbocycles. The van der Waals surface area contributed by atoms with Crippen LogP contribution >= 0.6 is 27.5 Å². The van der Waals surface area contributed by atoms with E-state index in [0.717, 1.165) is 41.7 Å². The molecule has 0 spiro atoms. The van der Waals surface area contributed by atoms with E-state index in [1.54, 1.807) is 24.3 Å². The Morgan fingerprint density at radius 1 is 1.30 bits per heavy atom. The number of hydrogen-bond acceptors (Lipinski definition) is 3. The predicted molar refractivity (Wildman–Crippen MR) is 105 cm³/mol. The van der Waals surface area contributed by atoms with Gasteiger partial charge in [-0.15, -0.1) is 0 Å². The number of benzene rings is 1. The van der Waals surface area contributed by atoms with Gasteiger partial charge in [-0.05, 0) is 53.5 Å². The van der Waals surface area contributed by atoms with E-state index >= 15 is 0 Å². The first-order valence-electron chi connectivity index (χ1n) is 8.48. The Hall–Kier alpha value is -1.28. The van der Waals surface area contributed by atoms with Gasteiger partial charge in [0.05, 0.1) is 11.8 Å². The molecule has 0 N–H and O–H groups in total. The lowest BCUT2D eigenvalue weighted by atomic mass is 10.1. The van der Waals surface area contributed by atoms with Gasteiger partial charge in [0.1, 0.15) is 4.47 Å². The van der Waals surface area contributed by atoms with Gasteiger partial charge in [-0.3, -0.25) is 4.79 Å². The molecular formula is C19H20Br2ClN3O2. The molecule has 27 heavy (non-hydrogen) atoms. The highest BCUT2D eigenvalue weighted by Gasteiger charge is 2.17. The van der Waals surface area contributed by atoms with Crippen LogP contribution in [0.4, 0.5) is 0 Å². The van der Waals surface area contributed by atoms with Crippen LogP contribution in [0.2, 0.25) is 5.02 Å². The lowest BCUT2D eigenvalue weighted by Crippen LogP contribution is -3.00. The number of carbonyl (C=O) groups excluding carboxylic acids is 1. The smallest absolute Gasteiger partial charge is 0.227 e. The van der Waals surface area contributed by atoms with Crippen LogP contribution in [-0.2, 0) is 17.8 Å².